The molecule has 0 aromatic heterocycles. The van der Waals surface area contributed by atoms with Crippen LogP contribution in [0.2, 0.25) is 0 Å². The van der Waals surface area contributed by atoms with E-state index >= 15 is 0 Å². The van der Waals surface area contributed by atoms with Gasteiger partial charge in [0.25, 0.3) is 11.8 Å². The van der Waals surface area contributed by atoms with E-state index in [0.29, 0.717) is 28.3 Å². The summed E-state index contributed by atoms with van der Waals surface area (Å²) in [6, 6.07) is 22.9. The van der Waals surface area contributed by atoms with Crippen LogP contribution in [-0.4, -0.2) is 31.7 Å². The molecule has 0 atom stereocenters. The second-order valence-electron chi connectivity index (χ2n) is 6.17. The molecule has 7 nitrogen and oxygen atoms in total. The van der Waals surface area contributed by atoms with E-state index < -0.39 is 0 Å². The van der Waals surface area contributed by atoms with Crippen LogP contribution in [0.1, 0.15) is 15.9 Å². The van der Waals surface area contributed by atoms with Crippen LogP contribution in [0.5, 0.6) is 11.5 Å². The average Bonchev–Trinajstić information content (AvgIpc) is 2.79. The second-order valence-corrected chi connectivity index (χ2v) is 6.17. The van der Waals surface area contributed by atoms with E-state index in [1.54, 1.807) is 73.8 Å². The van der Waals surface area contributed by atoms with Crippen LogP contribution in [0, 0.1) is 0 Å². The molecule has 0 radical (unpaired) electrons. The number of nitrogens with one attached hydrogen (secondary N) is 2. The van der Waals surface area contributed by atoms with Crippen molar-refractivity contribution in [3.05, 3.63) is 90.0 Å². The Labute approximate surface area is 174 Å². The largest absolute Gasteiger partial charge is 0.497 e. The van der Waals surface area contributed by atoms with Gasteiger partial charge in [-0.1, -0.05) is 30.3 Å². The molecule has 0 saturated heterocycles. The highest BCUT2D eigenvalue weighted by Crippen LogP contribution is 2.17. The Hall–Kier alpha value is -4.13. The first-order chi connectivity index (χ1) is 14.7. The maximum atomic E-state index is 12.2. The van der Waals surface area contributed by atoms with Gasteiger partial charge in [0.15, 0.2) is 6.61 Å². The molecule has 0 spiro atoms. The van der Waals surface area contributed by atoms with Gasteiger partial charge in [-0.05, 0) is 48.5 Å². The van der Waals surface area contributed by atoms with Crippen LogP contribution in [0.4, 0.5) is 5.69 Å². The summed E-state index contributed by atoms with van der Waals surface area (Å²) in [7, 11) is 1.58. The van der Waals surface area contributed by atoms with Crippen LogP contribution in [0.3, 0.4) is 0 Å². The van der Waals surface area contributed by atoms with Gasteiger partial charge in [-0.3, -0.25) is 9.59 Å². The molecule has 0 aliphatic heterocycles. The minimum atomic E-state index is -0.316. The lowest BCUT2D eigenvalue weighted by atomic mass is 10.2. The number of nitrogens with zero attached hydrogens (tertiary/aromatic N) is 1. The molecule has 3 aromatic rings. The van der Waals surface area contributed by atoms with E-state index in [2.05, 4.69) is 15.8 Å². The second kappa shape index (κ2) is 10.4. The van der Waals surface area contributed by atoms with Gasteiger partial charge in [-0.25, -0.2) is 5.43 Å². The lowest BCUT2D eigenvalue weighted by Gasteiger charge is -2.10. The first-order valence-electron chi connectivity index (χ1n) is 9.20. The summed E-state index contributed by atoms with van der Waals surface area (Å²) in [6.45, 7) is -0.173. The smallest absolute Gasteiger partial charge is 0.271 e. The molecule has 2 N–H and O–H groups in total. The van der Waals surface area contributed by atoms with Gasteiger partial charge in [0, 0.05) is 16.8 Å². The molecule has 0 heterocycles. The summed E-state index contributed by atoms with van der Waals surface area (Å²) in [5, 5.41) is 6.72. The molecule has 3 rings (SSSR count). The Kier molecular flexibility index (Phi) is 7.16. The van der Waals surface area contributed by atoms with Crippen molar-refractivity contribution in [2.75, 3.05) is 19.0 Å². The zero-order valence-corrected chi connectivity index (χ0v) is 16.4. The Morgan fingerprint density at radius 3 is 2.37 bits per heavy atom. The molecule has 30 heavy (non-hydrogen) atoms. The summed E-state index contributed by atoms with van der Waals surface area (Å²) in [5.41, 5.74) is 4.25. The summed E-state index contributed by atoms with van der Waals surface area (Å²) >= 11 is 0. The van der Waals surface area contributed by atoms with Crippen LogP contribution in [-0.2, 0) is 4.79 Å². The van der Waals surface area contributed by atoms with Crippen molar-refractivity contribution in [3.63, 3.8) is 0 Å². The number of benzene rings is 3. The van der Waals surface area contributed by atoms with Gasteiger partial charge in [0.05, 0.1) is 13.3 Å². The van der Waals surface area contributed by atoms with Gasteiger partial charge in [0.1, 0.15) is 11.5 Å². The topological polar surface area (TPSA) is 89.0 Å². The molecule has 0 aliphatic carbocycles. The fraction of sp³-hybridized carbons (Fsp3) is 0.0870. The monoisotopic (exact) mass is 403 g/mol. The average molecular weight is 403 g/mol. The van der Waals surface area contributed by atoms with E-state index in [9.17, 15) is 9.59 Å². The predicted molar refractivity (Wildman–Crippen MR) is 115 cm³/mol. The highest BCUT2D eigenvalue weighted by atomic mass is 16.5. The van der Waals surface area contributed by atoms with Crippen LogP contribution in [0.25, 0.3) is 0 Å². The molecule has 0 saturated carbocycles. The van der Waals surface area contributed by atoms with Crippen molar-refractivity contribution in [2.24, 2.45) is 5.10 Å². The number of para-hydroxylation sites is 1. The van der Waals surface area contributed by atoms with E-state index in [0.717, 1.165) is 0 Å². The normalized spacial score (nSPS) is 10.4. The summed E-state index contributed by atoms with van der Waals surface area (Å²) < 4.78 is 10.7. The van der Waals surface area contributed by atoms with Crippen molar-refractivity contribution in [1.82, 2.24) is 5.43 Å². The number of hydrogen-bond acceptors (Lipinski definition) is 5. The number of carbonyl (C=O) groups is 2. The molecule has 0 bridgehead atoms. The number of ether oxygens (including phenoxy) is 2. The van der Waals surface area contributed by atoms with E-state index in [4.69, 9.17) is 9.47 Å². The zero-order chi connectivity index (χ0) is 21.2. The van der Waals surface area contributed by atoms with Crippen LogP contribution < -0.4 is 20.2 Å². The third-order valence-corrected chi connectivity index (χ3v) is 4.06. The number of amides is 2. The molecule has 0 aliphatic rings. The SMILES string of the molecule is COc1ccc(NC(=O)COc2ccccc2/C=N/NC(=O)c2ccccc2)cc1. The first kappa shape index (κ1) is 20.6. The van der Waals surface area contributed by atoms with E-state index in [1.165, 1.54) is 6.21 Å². The van der Waals surface area contributed by atoms with Crippen LogP contribution >= 0.6 is 0 Å². The van der Waals surface area contributed by atoms with Crippen molar-refractivity contribution in [2.45, 2.75) is 0 Å². The highest BCUT2D eigenvalue weighted by Gasteiger charge is 2.07. The standard InChI is InChI=1S/C23H21N3O4/c1-29-20-13-11-19(12-14-20)25-22(27)16-30-21-10-6-5-9-18(21)15-24-26-23(28)17-7-3-2-4-8-17/h2-15H,16H2,1H3,(H,25,27)(H,26,28)/b24-15+. The molecule has 0 fully saturated rings. The summed E-state index contributed by atoms with van der Waals surface area (Å²) in [4.78, 5) is 24.2. The Morgan fingerprint density at radius 1 is 0.933 bits per heavy atom. The number of hydrogen-bond donors (Lipinski definition) is 2. The van der Waals surface area contributed by atoms with Gasteiger partial charge >= 0.3 is 0 Å². The molecule has 2 amide bonds. The molecule has 3 aromatic carbocycles. The predicted octanol–water partition coefficient (Wildman–Crippen LogP) is 3.48. The van der Waals surface area contributed by atoms with Gasteiger partial charge in [0.2, 0.25) is 0 Å². The fourth-order valence-corrected chi connectivity index (χ4v) is 2.55. The molecule has 7 heteroatoms. The Balaban J connectivity index is 1.55. The molecular weight excluding hydrogens is 382 g/mol. The minimum Gasteiger partial charge on any atom is -0.497 e. The number of hydrazone groups is 1. The van der Waals surface area contributed by atoms with Crippen molar-refractivity contribution in [1.29, 1.82) is 0 Å². The maximum absolute atomic E-state index is 12.2. The first-order valence-corrected chi connectivity index (χ1v) is 9.20. The minimum absolute atomic E-state index is 0.173. The van der Waals surface area contributed by atoms with E-state index in [1.807, 2.05) is 12.1 Å². The lowest BCUT2D eigenvalue weighted by molar-refractivity contribution is -0.118. The summed E-state index contributed by atoms with van der Waals surface area (Å²) in [5.74, 6) is 0.560. The quantitative estimate of drug-likeness (QED) is 0.445. The fourth-order valence-electron chi connectivity index (χ4n) is 2.55. The molecule has 152 valence electrons. The zero-order valence-electron chi connectivity index (χ0n) is 16.4. The Morgan fingerprint density at radius 2 is 1.63 bits per heavy atom. The van der Waals surface area contributed by atoms with Gasteiger partial charge in [-0.2, -0.15) is 5.10 Å². The highest BCUT2D eigenvalue weighted by molar-refractivity contribution is 5.95. The van der Waals surface area contributed by atoms with Gasteiger partial charge in [-0.15, -0.1) is 0 Å². The number of anilines is 1. The lowest BCUT2D eigenvalue weighted by Crippen LogP contribution is -2.20. The Bertz CT molecular complexity index is 1020. The van der Waals surface area contributed by atoms with Crippen molar-refractivity contribution >= 4 is 23.7 Å². The maximum Gasteiger partial charge on any atom is 0.271 e. The third kappa shape index (κ3) is 5.93. The van der Waals surface area contributed by atoms with Crippen LogP contribution in [0.15, 0.2) is 84.0 Å². The van der Waals surface area contributed by atoms with Gasteiger partial charge < -0.3 is 14.8 Å². The van der Waals surface area contributed by atoms with Crippen molar-refractivity contribution in [3.8, 4) is 11.5 Å². The number of rotatable bonds is 8. The van der Waals surface area contributed by atoms with Crippen molar-refractivity contribution < 1.29 is 19.1 Å². The number of methoxy groups -OCH3 is 1. The van der Waals surface area contributed by atoms with E-state index in [-0.39, 0.29) is 18.4 Å². The summed E-state index contributed by atoms with van der Waals surface area (Å²) in [6.07, 6.45) is 1.47. The molecular formula is C23H21N3O4. The molecule has 0 unspecified atom stereocenters. The third-order valence-electron chi connectivity index (χ3n) is 4.06. The number of carbonyl (C=O) groups excluding carboxylic acids is 2.